The lowest BCUT2D eigenvalue weighted by Gasteiger charge is -2.03. The summed E-state index contributed by atoms with van der Waals surface area (Å²) in [4.78, 5) is 14.8. The Bertz CT molecular complexity index is 402. The number of anilines is 1. The van der Waals surface area contributed by atoms with Crippen LogP contribution in [-0.2, 0) is 9.53 Å². The molecule has 1 aromatic heterocycles. The number of hydrogen-bond acceptors (Lipinski definition) is 5. The van der Waals surface area contributed by atoms with Crippen molar-refractivity contribution in [2.24, 2.45) is 0 Å². The lowest BCUT2D eigenvalue weighted by atomic mass is 10.2. The molecular formula is C11H14N2O3. The standard InChI is InChI=1S/C11H14N2O3/c1-15-9-6-8(7-13-11(9)12)4-3-5-10(14)16-2/h3-4,6-7H,5H2,1-2H3,(H2,12,13). The third-order valence-corrected chi connectivity index (χ3v) is 1.95. The Hall–Kier alpha value is -2.04. The van der Waals surface area contributed by atoms with Crippen LogP contribution in [0.2, 0.25) is 0 Å². The minimum absolute atomic E-state index is 0.225. The molecule has 0 spiro atoms. The molecule has 0 amide bonds. The van der Waals surface area contributed by atoms with E-state index in [-0.39, 0.29) is 12.4 Å². The van der Waals surface area contributed by atoms with Crippen LogP contribution < -0.4 is 10.5 Å². The Morgan fingerprint density at radius 1 is 1.56 bits per heavy atom. The number of pyridine rings is 1. The maximum atomic E-state index is 10.8. The van der Waals surface area contributed by atoms with Crippen LogP contribution in [0, 0.1) is 0 Å². The Balaban J connectivity index is 2.70. The first kappa shape index (κ1) is 12.0. The molecule has 1 heterocycles. The first-order chi connectivity index (χ1) is 7.67. The van der Waals surface area contributed by atoms with Gasteiger partial charge in [0.2, 0.25) is 0 Å². The molecule has 0 fully saturated rings. The quantitative estimate of drug-likeness (QED) is 0.776. The predicted octanol–water partition coefficient (Wildman–Crippen LogP) is 1.25. The monoisotopic (exact) mass is 222 g/mol. The van der Waals surface area contributed by atoms with Gasteiger partial charge < -0.3 is 15.2 Å². The summed E-state index contributed by atoms with van der Waals surface area (Å²) >= 11 is 0. The van der Waals surface area contributed by atoms with Crippen LogP contribution in [0.1, 0.15) is 12.0 Å². The van der Waals surface area contributed by atoms with Crippen molar-refractivity contribution in [3.05, 3.63) is 23.9 Å². The van der Waals surface area contributed by atoms with E-state index < -0.39 is 0 Å². The van der Waals surface area contributed by atoms with Crippen molar-refractivity contribution >= 4 is 17.9 Å². The highest BCUT2D eigenvalue weighted by atomic mass is 16.5. The van der Waals surface area contributed by atoms with Gasteiger partial charge in [0, 0.05) is 6.20 Å². The molecule has 0 aliphatic carbocycles. The Labute approximate surface area is 93.9 Å². The zero-order valence-corrected chi connectivity index (χ0v) is 9.27. The number of carbonyl (C=O) groups is 1. The van der Waals surface area contributed by atoms with E-state index in [1.165, 1.54) is 14.2 Å². The summed E-state index contributed by atoms with van der Waals surface area (Å²) < 4.78 is 9.52. The van der Waals surface area contributed by atoms with Crippen molar-refractivity contribution in [1.29, 1.82) is 0 Å². The normalized spacial score (nSPS) is 10.4. The van der Waals surface area contributed by atoms with Crippen LogP contribution >= 0.6 is 0 Å². The molecule has 1 aromatic rings. The van der Waals surface area contributed by atoms with Crippen LogP contribution in [0.3, 0.4) is 0 Å². The smallest absolute Gasteiger partial charge is 0.309 e. The molecule has 0 radical (unpaired) electrons. The van der Waals surface area contributed by atoms with Crippen molar-refractivity contribution < 1.29 is 14.3 Å². The number of esters is 1. The number of nitrogen functional groups attached to an aromatic ring is 1. The van der Waals surface area contributed by atoms with E-state index in [1.54, 1.807) is 24.4 Å². The summed E-state index contributed by atoms with van der Waals surface area (Å²) in [5.74, 6) is 0.569. The molecule has 0 saturated carbocycles. The van der Waals surface area contributed by atoms with Gasteiger partial charge in [-0.05, 0) is 11.6 Å². The number of rotatable bonds is 4. The van der Waals surface area contributed by atoms with E-state index in [0.29, 0.717) is 11.6 Å². The summed E-state index contributed by atoms with van der Waals surface area (Å²) in [7, 11) is 2.87. The number of nitrogens with zero attached hydrogens (tertiary/aromatic N) is 1. The number of hydrogen-bond donors (Lipinski definition) is 1. The molecule has 86 valence electrons. The first-order valence-electron chi connectivity index (χ1n) is 4.70. The van der Waals surface area contributed by atoms with E-state index in [2.05, 4.69) is 9.72 Å². The van der Waals surface area contributed by atoms with Gasteiger partial charge in [-0.1, -0.05) is 12.2 Å². The fourth-order valence-corrected chi connectivity index (χ4v) is 1.10. The van der Waals surface area contributed by atoms with Crippen molar-refractivity contribution in [1.82, 2.24) is 4.98 Å². The van der Waals surface area contributed by atoms with Gasteiger partial charge in [-0.15, -0.1) is 0 Å². The number of aromatic nitrogens is 1. The predicted molar refractivity (Wildman–Crippen MR) is 60.9 cm³/mol. The molecule has 5 nitrogen and oxygen atoms in total. The van der Waals surface area contributed by atoms with Gasteiger partial charge in [-0.2, -0.15) is 0 Å². The summed E-state index contributed by atoms with van der Waals surface area (Å²) in [5.41, 5.74) is 6.38. The summed E-state index contributed by atoms with van der Waals surface area (Å²) in [6.45, 7) is 0. The maximum Gasteiger partial charge on any atom is 0.309 e. The van der Waals surface area contributed by atoms with Crippen molar-refractivity contribution in [3.8, 4) is 5.75 Å². The highest BCUT2D eigenvalue weighted by molar-refractivity contribution is 5.72. The fourth-order valence-electron chi connectivity index (χ4n) is 1.10. The van der Waals surface area contributed by atoms with E-state index in [1.807, 2.05) is 0 Å². The van der Waals surface area contributed by atoms with E-state index in [0.717, 1.165) is 5.56 Å². The molecule has 0 unspecified atom stereocenters. The van der Waals surface area contributed by atoms with Gasteiger partial charge in [-0.25, -0.2) is 4.98 Å². The van der Waals surface area contributed by atoms with Crippen LogP contribution in [0.5, 0.6) is 5.75 Å². The molecule has 0 bridgehead atoms. The molecule has 16 heavy (non-hydrogen) atoms. The van der Waals surface area contributed by atoms with Crippen LogP contribution in [0.25, 0.3) is 6.08 Å². The number of ether oxygens (including phenoxy) is 2. The SMILES string of the molecule is COC(=O)CC=Cc1cnc(N)c(OC)c1. The van der Waals surface area contributed by atoms with Gasteiger partial charge in [0.05, 0.1) is 20.6 Å². The molecule has 0 aromatic carbocycles. The Morgan fingerprint density at radius 3 is 2.94 bits per heavy atom. The van der Waals surface area contributed by atoms with E-state index in [4.69, 9.17) is 10.5 Å². The number of nitrogens with two attached hydrogens (primary N) is 1. The second kappa shape index (κ2) is 5.75. The summed E-state index contributed by atoms with van der Waals surface area (Å²) in [6, 6.07) is 1.75. The Kier molecular flexibility index (Phi) is 4.32. The molecule has 0 atom stereocenters. The lowest BCUT2D eigenvalue weighted by molar-refractivity contribution is -0.139. The minimum Gasteiger partial charge on any atom is -0.493 e. The molecule has 1 rings (SSSR count). The lowest BCUT2D eigenvalue weighted by Crippen LogP contribution is -1.97. The van der Waals surface area contributed by atoms with Crippen LogP contribution in [-0.4, -0.2) is 25.2 Å². The largest absolute Gasteiger partial charge is 0.493 e. The number of carbonyl (C=O) groups excluding carboxylic acids is 1. The van der Waals surface area contributed by atoms with Crippen molar-refractivity contribution in [2.45, 2.75) is 6.42 Å². The van der Waals surface area contributed by atoms with Gasteiger partial charge in [0.15, 0.2) is 11.6 Å². The fraction of sp³-hybridized carbons (Fsp3) is 0.273. The zero-order chi connectivity index (χ0) is 12.0. The molecule has 2 N–H and O–H groups in total. The van der Waals surface area contributed by atoms with Gasteiger partial charge in [0.1, 0.15) is 0 Å². The Morgan fingerprint density at radius 2 is 2.31 bits per heavy atom. The molecular weight excluding hydrogens is 208 g/mol. The maximum absolute atomic E-state index is 10.8. The molecule has 0 aliphatic rings. The van der Waals surface area contributed by atoms with Crippen LogP contribution in [0.4, 0.5) is 5.82 Å². The topological polar surface area (TPSA) is 74.4 Å². The third kappa shape index (κ3) is 3.27. The molecule has 0 saturated heterocycles. The van der Waals surface area contributed by atoms with E-state index in [9.17, 15) is 4.79 Å². The molecule has 0 aliphatic heterocycles. The average molecular weight is 222 g/mol. The summed E-state index contributed by atoms with van der Waals surface area (Å²) in [5, 5.41) is 0. The van der Waals surface area contributed by atoms with Crippen molar-refractivity contribution in [2.75, 3.05) is 20.0 Å². The van der Waals surface area contributed by atoms with E-state index >= 15 is 0 Å². The minimum atomic E-state index is -0.286. The van der Waals surface area contributed by atoms with Crippen molar-refractivity contribution in [3.63, 3.8) is 0 Å². The first-order valence-corrected chi connectivity index (χ1v) is 4.70. The summed E-state index contributed by atoms with van der Waals surface area (Å²) in [6.07, 6.45) is 5.28. The zero-order valence-electron chi connectivity index (χ0n) is 9.27. The second-order valence-electron chi connectivity index (χ2n) is 3.04. The highest BCUT2D eigenvalue weighted by Crippen LogP contribution is 2.19. The highest BCUT2D eigenvalue weighted by Gasteiger charge is 2.00. The van der Waals surface area contributed by atoms with Gasteiger partial charge in [-0.3, -0.25) is 4.79 Å². The van der Waals surface area contributed by atoms with Gasteiger partial charge in [0.25, 0.3) is 0 Å². The second-order valence-corrected chi connectivity index (χ2v) is 3.04. The third-order valence-electron chi connectivity index (χ3n) is 1.95. The molecule has 5 heteroatoms. The van der Waals surface area contributed by atoms with Crippen LogP contribution in [0.15, 0.2) is 18.3 Å². The average Bonchev–Trinajstić information content (AvgIpc) is 2.31. The number of methoxy groups -OCH3 is 2. The van der Waals surface area contributed by atoms with Gasteiger partial charge >= 0.3 is 5.97 Å².